The molecule has 1 fully saturated rings. The van der Waals surface area contributed by atoms with E-state index in [1.165, 1.54) is 16.7 Å². The van der Waals surface area contributed by atoms with E-state index in [1.807, 2.05) is 6.08 Å². The van der Waals surface area contributed by atoms with E-state index in [0.29, 0.717) is 6.42 Å². The number of fused-ring (bicyclic) bond motifs is 1. The van der Waals surface area contributed by atoms with Crippen LogP contribution < -0.4 is 9.47 Å². The van der Waals surface area contributed by atoms with E-state index in [4.69, 9.17) is 9.47 Å². The predicted molar refractivity (Wildman–Crippen MR) is 83.4 cm³/mol. The second-order valence-electron chi connectivity index (χ2n) is 6.35. The zero-order valence-electron chi connectivity index (χ0n) is 13.1. The number of hydrogen-bond donors (Lipinski definition) is 0. The third kappa shape index (κ3) is 1.70. The lowest BCUT2D eigenvalue weighted by Crippen LogP contribution is -2.48. The number of carbonyl (C=O) groups excluding carboxylic acids is 1. The molecular weight excluding hydrogens is 278 g/mol. The standard InChI is InChI=1S/C18H21NO3/c1-21-16-9-12-4-7-19-8-5-13-10-14(20)3-6-18(13,19)15(12)11-17(16)22-2/h9-11H,3-8H2,1-2H3/t18-/m1/s1. The highest BCUT2D eigenvalue weighted by Crippen LogP contribution is 2.53. The first kappa shape index (κ1) is 13.8. The van der Waals surface area contributed by atoms with E-state index in [-0.39, 0.29) is 11.3 Å². The molecule has 3 aliphatic rings. The van der Waals surface area contributed by atoms with Crippen LogP contribution in [0.3, 0.4) is 0 Å². The van der Waals surface area contributed by atoms with Gasteiger partial charge in [-0.2, -0.15) is 0 Å². The molecule has 4 rings (SSSR count). The summed E-state index contributed by atoms with van der Waals surface area (Å²) in [5.74, 6) is 1.84. The van der Waals surface area contributed by atoms with Crippen LogP contribution in [0.25, 0.3) is 0 Å². The van der Waals surface area contributed by atoms with Crippen LogP contribution in [0, 0.1) is 0 Å². The first-order valence-electron chi connectivity index (χ1n) is 7.93. The molecule has 0 aromatic heterocycles. The van der Waals surface area contributed by atoms with Crippen LogP contribution in [0.2, 0.25) is 0 Å². The number of benzene rings is 1. The first-order chi connectivity index (χ1) is 10.7. The van der Waals surface area contributed by atoms with Crippen LogP contribution in [0.4, 0.5) is 0 Å². The minimum atomic E-state index is -0.0823. The van der Waals surface area contributed by atoms with Crippen molar-refractivity contribution >= 4 is 5.78 Å². The Morgan fingerprint density at radius 1 is 1.05 bits per heavy atom. The smallest absolute Gasteiger partial charge is 0.161 e. The molecule has 1 spiro atoms. The maximum Gasteiger partial charge on any atom is 0.161 e. The van der Waals surface area contributed by atoms with Crippen molar-refractivity contribution in [3.05, 3.63) is 34.9 Å². The van der Waals surface area contributed by atoms with Gasteiger partial charge < -0.3 is 9.47 Å². The van der Waals surface area contributed by atoms with E-state index in [0.717, 1.165) is 43.9 Å². The maximum atomic E-state index is 11.9. The summed E-state index contributed by atoms with van der Waals surface area (Å²) in [4.78, 5) is 14.4. The number of methoxy groups -OCH3 is 2. The third-order valence-corrected chi connectivity index (χ3v) is 5.50. The van der Waals surface area contributed by atoms with Crippen molar-refractivity contribution in [2.75, 3.05) is 27.3 Å². The average molecular weight is 299 g/mol. The molecule has 0 unspecified atom stereocenters. The Hall–Kier alpha value is -1.81. The zero-order valence-corrected chi connectivity index (χ0v) is 13.1. The molecule has 0 N–H and O–H groups in total. The molecule has 1 aliphatic carbocycles. The molecule has 4 heteroatoms. The van der Waals surface area contributed by atoms with Gasteiger partial charge in [0.2, 0.25) is 0 Å². The number of allylic oxidation sites excluding steroid dienone is 1. The molecule has 1 atom stereocenters. The Balaban J connectivity index is 1.94. The highest BCUT2D eigenvalue weighted by atomic mass is 16.5. The molecule has 2 aliphatic heterocycles. The molecule has 1 saturated heterocycles. The lowest BCUT2D eigenvalue weighted by atomic mass is 9.71. The van der Waals surface area contributed by atoms with E-state index in [2.05, 4.69) is 17.0 Å². The van der Waals surface area contributed by atoms with Crippen LogP contribution in [-0.2, 0) is 16.8 Å². The van der Waals surface area contributed by atoms with Gasteiger partial charge in [0.15, 0.2) is 17.3 Å². The summed E-state index contributed by atoms with van der Waals surface area (Å²) >= 11 is 0. The molecule has 2 heterocycles. The second-order valence-corrected chi connectivity index (χ2v) is 6.35. The van der Waals surface area contributed by atoms with E-state index in [1.54, 1.807) is 14.2 Å². The highest BCUT2D eigenvalue weighted by molar-refractivity contribution is 5.92. The Bertz CT molecular complexity index is 679. The van der Waals surface area contributed by atoms with Gasteiger partial charge in [-0.3, -0.25) is 9.69 Å². The van der Waals surface area contributed by atoms with E-state index in [9.17, 15) is 4.79 Å². The van der Waals surface area contributed by atoms with Crippen LogP contribution in [0.5, 0.6) is 11.5 Å². The van der Waals surface area contributed by atoms with Gasteiger partial charge in [-0.25, -0.2) is 0 Å². The third-order valence-electron chi connectivity index (χ3n) is 5.50. The minimum absolute atomic E-state index is 0.0823. The fraction of sp³-hybridized carbons (Fsp3) is 0.500. The van der Waals surface area contributed by atoms with Gasteiger partial charge in [0.1, 0.15) is 0 Å². The van der Waals surface area contributed by atoms with Gasteiger partial charge in [-0.05, 0) is 54.2 Å². The quantitative estimate of drug-likeness (QED) is 0.841. The summed E-state index contributed by atoms with van der Waals surface area (Å²) in [5, 5.41) is 0. The Morgan fingerprint density at radius 2 is 1.77 bits per heavy atom. The summed E-state index contributed by atoms with van der Waals surface area (Å²) in [7, 11) is 3.36. The summed E-state index contributed by atoms with van der Waals surface area (Å²) in [5.41, 5.74) is 3.85. The lowest BCUT2D eigenvalue weighted by molar-refractivity contribution is -0.115. The second kappa shape index (κ2) is 4.85. The highest BCUT2D eigenvalue weighted by Gasteiger charge is 2.50. The predicted octanol–water partition coefficient (Wildman–Crippen LogP) is 2.45. The zero-order chi connectivity index (χ0) is 15.3. The fourth-order valence-electron chi connectivity index (χ4n) is 4.49. The molecule has 0 saturated carbocycles. The lowest BCUT2D eigenvalue weighted by Gasteiger charge is -2.46. The van der Waals surface area contributed by atoms with Gasteiger partial charge in [0.25, 0.3) is 0 Å². The van der Waals surface area contributed by atoms with Gasteiger partial charge in [-0.15, -0.1) is 0 Å². The van der Waals surface area contributed by atoms with E-state index >= 15 is 0 Å². The Kier molecular flexibility index (Phi) is 3.05. The van der Waals surface area contributed by atoms with Crippen LogP contribution in [0.15, 0.2) is 23.8 Å². The monoisotopic (exact) mass is 299 g/mol. The maximum absolute atomic E-state index is 11.9. The number of ether oxygens (including phenoxy) is 2. The normalized spacial score (nSPS) is 26.8. The van der Waals surface area contributed by atoms with Crippen molar-refractivity contribution in [3.8, 4) is 11.5 Å². The number of carbonyl (C=O) groups is 1. The average Bonchev–Trinajstić information content (AvgIpc) is 2.92. The molecule has 0 bridgehead atoms. The van der Waals surface area contributed by atoms with Gasteiger partial charge >= 0.3 is 0 Å². The number of rotatable bonds is 2. The van der Waals surface area contributed by atoms with Crippen LogP contribution in [0.1, 0.15) is 30.4 Å². The van der Waals surface area contributed by atoms with Crippen molar-refractivity contribution in [2.45, 2.75) is 31.2 Å². The molecule has 4 nitrogen and oxygen atoms in total. The minimum Gasteiger partial charge on any atom is -0.493 e. The van der Waals surface area contributed by atoms with Gasteiger partial charge in [-0.1, -0.05) is 0 Å². The SMILES string of the molecule is COc1cc2c(cc1OC)[C@@]13CCC(=O)C=C1CCN3CC2. The molecule has 22 heavy (non-hydrogen) atoms. The summed E-state index contributed by atoms with van der Waals surface area (Å²) < 4.78 is 11.0. The number of ketones is 1. The van der Waals surface area contributed by atoms with Gasteiger partial charge in [0, 0.05) is 19.5 Å². The fourth-order valence-corrected chi connectivity index (χ4v) is 4.49. The summed E-state index contributed by atoms with van der Waals surface area (Å²) in [6.45, 7) is 2.10. The number of hydrogen-bond acceptors (Lipinski definition) is 4. The van der Waals surface area contributed by atoms with Crippen molar-refractivity contribution < 1.29 is 14.3 Å². The molecular formula is C18H21NO3. The van der Waals surface area contributed by atoms with Crippen molar-refractivity contribution in [2.24, 2.45) is 0 Å². The molecule has 1 aromatic carbocycles. The Labute approximate surface area is 130 Å². The molecule has 116 valence electrons. The molecule has 0 amide bonds. The molecule has 0 radical (unpaired) electrons. The van der Waals surface area contributed by atoms with E-state index < -0.39 is 0 Å². The summed E-state index contributed by atoms with van der Waals surface area (Å²) in [6, 6.07) is 4.25. The number of nitrogens with zero attached hydrogens (tertiary/aromatic N) is 1. The van der Waals surface area contributed by atoms with Crippen molar-refractivity contribution in [1.29, 1.82) is 0 Å². The Morgan fingerprint density at radius 3 is 2.55 bits per heavy atom. The van der Waals surface area contributed by atoms with Crippen LogP contribution in [-0.4, -0.2) is 38.0 Å². The topological polar surface area (TPSA) is 38.8 Å². The van der Waals surface area contributed by atoms with Gasteiger partial charge in [0.05, 0.1) is 19.8 Å². The largest absolute Gasteiger partial charge is 0.493 e. The van der Waals surface area contributed by atoms with Crippen molar-refractivity contribution in [1.82, 2.24) is 4.90 Å². The van der Waals surface area contributed by atoms with Crippen molar-refractivity contribution in [3.63, 3.8) is 0 Å². The first-order valence-corrected chi connectivity index (χ1v) is 7.93. The summed E-state index contributed by atoms with van der Waals surface area (Å²) in [6.07, 6.45) is 5.45. The van der Waals surface area contributed by atoms with Crippen LogP contribution >= 0.6 is 0 Å². The molecule has 1 aromatic rings.